The van der Waals surface area contributed by atoms with Crippen molar-refractivity contribution in [2.24, 2.45) is 22.9 Å². The van der Waals surface area contributed by atoms with E-state index in [1.54, 1.807) is 37.5 Å². The van der Waals surface area contributed by atoms with Gasteiger partial charge >= 0.3 is 0 Å². The maximum Gasteiger partial charge on any atom is 0.245 e. The molecule has 0 spiro atoms. The van der Waals surface area contributed by atoms with Gasteiger partial charge in [-0.15, -0.1) is 6.58 Å². The van der Waals surface area contributed by atoms with Crippen LogP contribution in [-0.2, 0) is 19.6 Å². The van der Waals surface area contributed by atoms with Crippen LogP contribution in [0.15, 0.2) is 132 Å². The highest BCUT2D eigenvalue weighted by molar-refractivity contribution is 7.89. The molecule has 6 atom stereocenters. The SMILES string of the molecule is C=CCO[C@@]12Oc3ccc(Oc4ccc5ccccc5c4)cc3[C@H]3[C@H](CCCCO)[C@@H](CCCCO)C=C(C(=NOCC)C[C@@H]1N(C)S(=O)(=O)c1cccc4cccnc14)[C@H]32. The summed E-state index contributed by atoms with van der Waals surface area (Å²) in [5.74, 6) is -0.384. The highest BCUT2D eigenvalue weighted by Crippen LogP contribution is 2.62. The van der Waals surface area contributed by atoms with E-state index < -0.39 is 27.8 Å². The highest BCUT2D eigenvalue weighted by atomic mass is 32.2. The Bertz CT molecular complexity index is 2540. The van der Waals surface area contributed by atoms with Gasteiger partial charge in [0.25, 0.3) is 0 Å². The summed E-state index contributed by atoms with van der Waals surface area (Å²) in [5.41, 5.74) is 2.83. The van der Waals surface area contributed by atoms with Gasteiger partial charge < -0.3 is 29.3 Å². The Morgan fingerprint density at radius 1 is 0.918 bits per heavy atom. The molecule has 1 aromatic heterocycles. The zero-order chi connectivity index (χ0) is 42.6. The average Bonchev–Trinajstić information content (AvgIpc) is 3.28. The Labute approximate surface area is 358 Å². The first-order valence-electron chi connectivity index (χ1n) is 21.4. The lowest BCUT2D eigenvalue weighted by Crippen LogP contribution is -2.69. The molecule has 8 rings (SSSR count). The molecule has 2 N–H and O–H groups in total. The van der Waals surface area contributed by atoms with Gasteiger partial charge in [0.2, 0.25) is 15.8 Å². The maximum absolute atomic E-state index is 15.1. The summed E-state index contributed by atoms with van der Waals surface area (Å²) >= 11 is 0. The molecule has 1 aliphatic heterocycles. The topological polar surface area (TPSA) is 140 Å². The zero-order valence-electron chi connectivity index (χ0n) is 34.9. The van der Waals surface area contributed by atoms with Gasteiger partial charge in [-0.25, -0.2) is 8.42 Å². The van der Waals surface area contributed by atoms with Crippen molar-refractivity contribution in [1.29, 1.82) is 0 Å². The largest absolute Gasteiger partial charge is 0.460 e. The number of fused-ring (bicyclic) bond motifs is 4. The fourth-order valence-corrected chi connectivity index (χ4v) is 11.4. The molecule has 1 saturated carbocycles. The molecule has 61 heavy (non-hydrogen) atoms. The number of benzene rings is 4. The number of aliphatic hydroxyl groups is 2. The van der Waals surface area contributed by atoms with E-state index in [2.05, 4.69) is 35.8 Å². The lowest BCUT2D eigenvalue weighted by Gasteiger charge is -2.59. The number of sulfonamides is 1. The normalized spacial score (nSPS) is 23.9. The summed E-state index contributed by atoms with van der Waals surface area (Å²) in [4.78, 5) is 10.4. The summed E-state index contributed by atoms with van der Waals surface area (Å²) in [5, 5.41) is 27.5. The van der Waals surface area contributed by atoms with E-state index >= 15 is 8.42 Å². The molecule has 1 fully saturated rings. The van der Waals surface area contributed by atoms with E-state index in [0.717, 1.165) is 47.6 Å². The molecule has 0 amide bonds. The van der Waals surface area contributed by atoms with Gasteiger partial charge in [-0.05, 0) is 103 Å². The summed E-state index contributed by atoms with van der Waals surface area (Å²) in [6.07, 6.45) is 10.2. The summed E-state index contributed by atoms with van der Waals surface area (Å²) in [6.45, 7) is 6.45. The second-order valence-corrected chi connectivity index (χ2v) is 18.1. The third-order valence-corrected chi connectivity index (χ3v) is 14.5. The molecule has 11 nitrogen and oxygen atoms in total. The predicted molar refractivity (Wildman–Crippen MR) is 237 cm³/mol. The minimum Gasteiger partial charge on any atom is -0.460 e. The number of aromatic nitrogens is 1. The highest BCUT2D eigenvalue weighted by Gasteiger charge is 2.65. The molecule has 3 aliphatic rings. The Kier molecular flexibility index (Phi) is 12.9. The van der Waals surface area contributed by atoms with Crippen molar-refractivity contribution in [3.63, 3.8) is 0 Å². The van der Waals surface area contributed by atoms with Crippen LogP contribution in [0.2, 0.25) is 0 Å². The molecule has 4 aromatic carbocycles. The molecule has 2 aliphatic carbocycles. The predicted octanol–water partition coefficient (Wildman–Crippen LogP) is 9.15. The van der Waals surface area contributed by atoms with E-state index in [1.807, 2.05) is 61.5 Å². The van der Waals surface area contributed by atoms with Crippen LogP contribution in [-0.4, -0.2) is 78.9 Å². The molecule has 12 heteroatoms. The van der Waals surface area contributed by atoms with Crippen molar-refractivity contribution >= 4 is 37.4 Å². The van der Waals surface area contributed by atoms with Crippen molar-refractivity contribution in [3.8, 4) is 17.2 Å². The zero-order valence-corrected chi connectivity index (χ0v) is 35.7. The van der Waals surface area contributed by atoms with Crippen LogP contribution in [0.4, 0.5) is 0 Å². The Morgan fingerprint density at radius 3 is 2.44 bits per heavy atom. The van der Waals surface area contributed by atoms with E-state index in [-0.39, 0.29) is 48.9 Å². The fraction of sp³-hybridized carbons (Fsp3) is 0.388. The number of allylic oxidation sites excluding steroid dienone is 1. The second-order valence-electron chi connectivity index (χ2n) is 16.2. The molecule has 0 bridgehead atoms. The van der Waals surface area contributed by atoms with Crippen LogP contribution in [0.25, 0.3) is 21.7 Å². The number of oxime groups is 1. The van der Waals surface area contributed by atoms with E-state index in [9.17, 15) is 10.2 Å². The van der Waals surface area contributed by atoms with Crippen LogP contribution in [0.5, 0.6) is 17.2 Å². The molecule has 5 aromatic rings. The number of hydrogen-bond acceptors (Lipinski definition) is 10. The minimum atomic E-state index is -4.24. The quantitative estimate of drug-likeness (QED) is 0.0502. The number of likely N-dealkylation sites (N-methyl/N-ethyl adjacent to an activating group) is 1. The maximum atomic E-state index is 15.1. The lowest BCUT2D eigenvalue weighted by molar-refractivity contribution is -0.250. The number of ether oxygens (including phenoxy) is 3. The van der Waals surface area contributed by atoms with Gasteiger partial charge in [-0.2, -0.15) is 4.31 Å². The van der Waals surface area contributed by atoms with Crippen LogP contribution < -0.4 is 9.47 Å². The molecule has 0 radical (unpaired) electrons. The monoisotopic (exact) mass is 845 g/mol. The summed E-state index contributed by atoms with van der Waals surface area (Å²) < 4.78 is 52.4. The van der Waals surface area contributed by atoms with E-state index in [4.69, 9.17) is 24.2 Å². The van der Waals surface area contributed by atoms with Gasteiger partial charge in [-0.3, -0.25) is 4.98 Å². The number of aliphatic hydroxyl groups excluding tert-OH is 2. The number of hydrogen-bond donors (Lipinski definition) is 2. The molecule has 320 valence electrons. The van der Waals surface area contributed by atoms with Crippen LogP contribution in [0.1, 0.15) is 63.4 Å². The Hall–Kier alpha value is -5.11. The van der Waals surface area contributed by atoms with Gasteiger partial charge in [0.1, 0.15) is 28.8 Å². The molecule has 2 heterocycles. The first kappa shape index (κ1) is 42.6. The van der Waals surface area contributed by atoms with Crippen molar-refractivity contribution in [2.45, 2.75) is 74.5 Å². The number of unbranched alkanes of at least 4 members (excludes halogenated alkanes) is 2. The average molecular weight is 846 g/mol. The minimum absolute atomic E-state index is 0.0144. The van der Waals surface area contributed by atoms with E-state index in [1.165, 1.54) is 4.31 Å². The van der Waals surface area contributed by atoms with Crippen LogP contribution in [0, 0.1) is 17.8 Å². The van der Waals surface area contributed by atoms with Crippen molar-refractivity contribution in [3.05, 3.63) is 127 Å². The van der Waals surface area contributed by atoms with Gasteiger partial charge in [-0.1, -0.05) is 78.7 Å². The third-order valence-electron chi connectivity index (χ3n) is 12.6. The standard InChI is InChI=1S/C49H55N3O8S/c1-4-28-57-49-45(52(3)61(55,56)44-20-12-17-34-18-13-25-50-48(34)44)32-42(51-58-5-2)40-30-36(16-8-10-26-53)39(19-9-11-27-54)46(47(40)49)41-31-38(23-24-43(41)60-49)59-37-22-21-33-14-6-7-15-35(33)29-37/h4,6-7,12-15,17-18,20-25,29-31,36,39,45-47,53-54H,1,5,8-11,16,19,26-28,32H2,2-3H3/t36-,39+,45-,46+,47+,49+/m0/s1. The number of pyridine rings is 1. The van der Waals surface area contributed by atoms with Crippen LogP contribution >= 0.6 is 0 Å². The fourth-order valence-electron chi connectivity index (χ4n) is 9.88. The number of para-hydroxylation sites is 1. The molecular formula is C49H55N3O8S. The van der Waals surface area contributed by atoms with Crippen molar-refractivity contribution < 1.29 is 37.7 Å². The summed E-state index contributed by atoms with van der Waals surface area (Å²) in [6, 6.07) is 27.9. The number of nitrogens with zero attached hydrogens (tertiary/aromatic N) is 3. The molecular weight excluding hydrogens is 791 g/mol. The Morgan fingerprint density at radius 2 is 1.66 bits per heavy atom. The number of rotatable bonds is 18. The van der Waals surface area contributed by atoms with Gasteiger partial charge in [0.15, 0.2) is 0 Å². The third kappa shape index (κ3) is 8.19. The second kappa shape index (κ2) is 18.5. The van der Waals surface area contributed by atoms with Gasteiger partial charge in [0, 0.05) is 49.7 Å². The van der Waals surface area contributed by atoms with Crippen molar-refractivity contribution in [2.75, 3.05) is 33.5 Å². The molecule has 0 saturated heterocycles. The first-order valence-corrected chi connectivity index (χ1v) is 22.9. The van der Waals surface area contributed by atoms with E-state index in [0.29, 0.717) is 53.3 Å². The van der Waals surface area contributed by atoms with Gasteiger partial charge in [0.05, 0.1) is 29.8 Å². The Balaban J connectivity index is 1.33. The first-order chi connectivity index (χ1) is 29.7. The van der Waals surface area contributed by atoms with Crippen molar-refractivity contribution in [1.82, 2.24) is 9.29 Å². The van der Waals surface area contributed by atoms with Crippen LogP contribution in [0.3, 0.4) is 0 Å². The smallest absolute Gasteiger partial charge is 0.245 e. The molecule has 0 unspecified atom stereocenters. The summed E-state index contributed by atoms with van der Waals surface area (Å²) in [7, 11) is -2.65. The lowest BCUT2D eigenvalue weighted by atomic mass is 9.55.